The Morgan fingerprint density at radius 1 is 0.833 bits per heavy atom. The Balaban J connectivity index is 2.34. The van der Waals surface area contributed by atoms with E-state index in [9.17, 15) is 0 Å². The predicted molar refractivity (Wildman–Crippen MR) is 72.0 cm³/mol. The molecule has 0 radical (unpaired) electrons. The molecule has 0 saturated heterocycles. The third-order valence-corrected chi connectivity index (χ3v) is 2.93. The first kappa shape index (κ1) is 12.5. The van der Waals surface area contributed by atoms with Crippen molar-refractivity contribution in [3.8, 4) is 11.5 Å². The number of ether oxygens (including phenoxy) is 2. The van der Waals surface area contributed by atoms with Gasteiger partial charge in [-0.25, -0.2) is 0 Å². The summed E-state index contributed by atoms with van der Waals surface area (Å²) in [5, 5.41) is 0. The standard InChI is InChI=1S/C15H17NO2/c1-17-13-9-8-12(10-14(13)18-2)15(16)11-6-4-3-5-7-11/h3-10,15H,16H2,1-2H3/t15-/m1/s1. The number of hydrogen-bond donors (Lipinski definition) is 1. The average Bonchev–Trinajstić information content (AvgIpc) is 2.46. The van der Waals surface area contributed by atoms with E-state index in [2.05, 4.69) is 0 Å². The molecule has 0 bridgehead atoms. The Bertz CT molecular complexity index is 511. The molecule has 2 aromatic carbocycles. The summed E-state index contributed by atoms with van der Waals surface area (Å²) < 4.78 is 10.5. The Hall–Kier alpha value is -2.00. The van der Waals surface area contributed by atoms with Crippen LogP contribution >= 0.6 is 0 Å². The van der Waals surface area contributed by atoms with Gasteiger partial charge in [-0.3, -0.25) is 0 Å². The number of rotatable bonds is 4. The van der Waals surface area contributed by atoms with Crippen LogP contribution in [0, 0.1) is 0 Å². The monoisotopic (exact) mass is 243 g/mol. The van der Waals surface area contributed by atoms with Crippen LogP contribution in [0.5, 0.6) is 11.5 Å². The third kappa shape index (κ3) is 2.46. The maximum absolute atomic E-state index is 6.24. The van der Waals surface area contributed by atoms with E-state index in [1.807, 2.05) is 48.5 Å². The van der Waals surface area contributed by atoms with Gasteiger partial charge in [0, 0.05) is 0 Å². The van der Waals surface area contributed by atoms with Gasteiger partial charge in [-0.2, -0.15) is 0 Å². The molecule has 0 aliphatic rings. The van der Waals surface area contributed by atoms with Crippen molar-refractivity contribution in [1.29, 1.82) is 0 Å². The summed E-state index contributed by atoms with van der Waals surface area (Å²) in [5.74, 6) is 1.41. The zero-order valence-corrected chi connectivity index (χ0v) is 10.6. The molecule has 0 aromatic heterocycles. The Kier molecular flexibility index (Phi) is 3.85. The molecule has 18 heavy (non-hydrogen) atoms. The van der Waals surface area contributed by atoms with Crippen LogP contribution < -0.4 is 15.2 Å². The zero-order valence-electron chi connectivity index (χ0n) is 10.6. The fourth-order valence-corrected chi connectivity index (χ4v) is 1.90. The maximum Gasteiger partial charge on any atom is 0.161 e. The average molecular weight is 243 g/mol. The summed E-state index contributed by atoms with van der Waals surface area (Å²) in [6.45, 7) is 0. The summed E-state index contributed by atoms with van der Waals surface area (Å²) in [5.41, 5.74) is 8.31. The maximum atomic E-state index is 6.24. The van der Waals surface area contributed by atoms with Gasteiger partial charge < -0.3 is 15.2 Å². The highest BCUT2D eigenvalue weighted by molar-refractivity contribution is 5.45. The van der Waals surface area contributed by atoms with E-state index in [0.717, 1.165) is 11.1 Å². The summed E-state index contributed by atoms with van der Waals surface area (Å²) in [4.78, 5) is 0. The van der Waals surface area contributed by atoms with Crippen molar-refractivity contribution in [2.24, 2.45) is 5.73 Å². The fraction of sp³-hybridized carbons (Fsp3) is 0.200. The lowest BCUT2D eigenvalue weighted by Crippen LogP contribution is -2.11. The predicted octanol–water partition coefficient (Wildman–Crippen LogP) is 2.75. The molecule has 94 valence electrons. The minimum absolute atomic E-state index is 0.161. The van der Waals surface area contributed by atoms with Crippen molar-refractivity contribution < 1.29 is 9.47 Å². The van der Waals surface area contributed by atoms with Crippen LogP contribution in [0.1, 0.15) is 17.2 Å². The summed E-state index contributed by atoms with van der Waals surface area (Å²) in [6.07, 6.45) is 0. The Morgan fingerprint density at radius 3 is 2.11 bits per heavy atom. The minimum Gasteiger partial charge on any atom is -0.493 e. The molecule has 3 heteroatoms. The second-order valence-corrected chi connectivity index (χ2v) is 4.00. The topological polar surface area (TPSA) is 44.5 Å². The third-order valence-electron chi connectivity index (χ3n) is 2.93. The van der Waals surface area contributed by atoms with Crippen molar-refractivity contribution in [1.82, 2.24) is 0 Å². The van der Waals surface area contributed by atoms with Gasteiger partial charge in [-0.15, -0.1) is 0 Å². The van der Waals surface area contributed by atoms with E-state index < -0.39 is 0 Å². The number of hydrogen-bond acceptors (Lipinski definition) is 3. The molecule has 0 fully saturated rings. The quantitative estimate of drug-likeness (QED) is 0.898. The molecule has 0 saturated carbocycles. The van der Waals surface area contributed by atoms with Crippen LogP contribution in [0.15, 0.2) is 48.5 Å². The minimum atomic E-state index is -0.161. The van der Waals surface area contributed by atoms with Crippen molar-refractivity contribution in [2.75, 3.05) is 14.2 Å². The van der Waals surface area contributed by atoms with E-state index in [4.69, 9.17) is 15.2 Å². The SMILES string of the molecule is COc1ccc([C@H](N)c2ccccc2)cc1OC. The Labute approximate surface area is 107 Å². The lowest BCUT2D eigenvalue weighted by atomic mass is 9.99. The van der Waals surface area contributed by atoms with Crippen molar-refractivity contribution in [3.05, 3.63) is 59.7 Å². The van der Waals surface area contributed by atoms with Gasteiger partial charge in [-0.1, -0.05) is 36.4 Å². The van der Waals surface area contributed by atoms with Crippen molar-refractivity contribution in [3.63, 3.8) is 0 Å². The van der Waals surface area contributed by atoms with Crippen LogP contribution in [0.3, 0.4) is 0 Å². The first-order valence-corrected chi connectivity index (χ1v) is 5.78. The summed E-state index contributed by atoms with van der Waals surface area (Å²) in [6, 6.07) is 15.6. The normalized spacial score (nSPS) is 11.9. The first-order chi connectivity index (χ1) is 8.76. The molecular formula is C15H17NO2. The van der Waals surface area contributed by atoms with Crippen molar-refractivity contribution in [2.45, 2.75) is 6.04 Å². The molecule has 2 N–H and O–H groups in total. The number of nitrogens with two attached hydrogens (primary N) is 1. The van der Waals surface area contributed by atoms with Crippen molar-refractivity contribution >= 4 is 0 Å². The lowest BCUT2D eigenvalue weighted by molar-refractivity contribution is 0.354. The summed E-state index contributed by atoms with van der Waals surface area (Å²) >= 11 is 0. The van der Waals surface area contributed by atoms with E-state index in [-0.39, 0.29) is 6.04 Å². The molecule has 3 nitrogen and oxygen atoms in total. The van der Waals surface area contributed by atoms with Gasteiger partial charge in [0.2, 0.25) is 0 Å². The van der Waals surface area contributed by atoms with E-state index in [0.29, 0.717) is 11.5 Å². The lowest BCUT2D eigenvalue weighted by Gasteiger charge is -2.15. The molecule has 2 rings (SSSR count). The van der Waals surface area contributed by atoms with Crippen LogP contribution in [0.25, 0.3) is 0 Å². The molecule has 1 atom stereocenters. The summed E-state index contributed by atoms with van der Waals surface area (Å²) in [7, 11) is 3.24. The molecule has 0 unspecified atom stereocenters. The molecule has 0 aliphatic heterocycles. The van der Waals surface area contributed by atoms with Gasteiger partial charge in [0.25, 0.3) is 0 Å². The molecule has 2 aromatic rings. The smallest absolute Gasteiger partial charge is 0.161 e. The van der Waals surface area contributed by atoms with Gasteiger partial charge >= 0.3 is 0 Å². The van der Waals surface area contributed by atoms with Gasteiger partial charge in [0.05, 0.1) is 20.3 Å². The number of methoxy groups -OCH3 is 2. The zero-order chi connectivity index (χ0) is 13.0. The molecule has 0 spiro atoms. The van der Waals surface area contributed by atoms with Gasteiger partial charge in [-0.05, 0) is 23.3 Å². The first-order valence-electron chi connectivity index (χ1n) is 5.78. The fourth-order valence-electron chi connectivity index (χ4n) is 1.90. The van der Waals surface area contributed by atoms with Crippen LogP contribution in [-0.2, 0) is 0 Å². The van der Waals surface area contributed by atoms with Crippen LogP contribution in [0.4, 0.5) is 0 Å². The van der Waals surface area contributed by atoms with E-state index >= 15 is 0 Å². The molecule has 0 heterocycles. The van der Waals surface area contributed by atoms with Gasteiger partial charge in [0.15, 0.2) is 11.5 Å². The largest absolute Gasteiger partial charge is 0.493 e. The van der Waals surface area contributed by atoms with E-state index in [1.165, 1.54) is 0 Å². The second kappa shape index (κ2) is 5.56. The number of benzene rings is 2. The molecule has 0 aliphatic carbocycles. The van der Waals surface area contributed by atoms with E-state index in [1.54, 1.807) is 14.2 Å². The van der Waals surface area contributed by atoms with Crippen LogP contribution in [-0.4, -0.2) is 14.2 Å². The Morgan fingerprint density at radius 2 is 1.50 bits per heavy atom. The molecule has 0 amide bonds. The highest BCUT2D eigenvalue weighted by atomic mass is 16.5. The highest BCUT2D eigenvalue weighted by Crippen LogP contribution is 2.31. The molecular weight excluding hydrogens is 226 g/mol. The highest BCUT2D eigenvalue weighted by Gasteiger charge is 2.11. The van der Waals surface area contributed by atoms with Crippen LogP contribution in [0.2, 0.25) is 0 Å². The van der Waals surface area contributed by atoms with Gasteiger partial charge in [0.1, 0.15) is 0 Å². The second-order valence-electron chi connectivity index (χ2n) is 4.00.